The van der Waals surface area contributed by atoms with Gasteiger partial charge in [-0.15, -0.1) is 0 Å². The quantitative estimate of drug-likeness (QED) is 0.290. The van der Waals surface area contributed by atoms with E-state index in [4.69, 9.17) is 5.73 Å². The van der Waals surface area contributed by atoms with Crippen molar-refractivity contribution >= 4 is 40.4 Å². The van der Waals surface area contributed by atoms with Gasteiger partial charge in [-0.2, -0.15) is 0 Å². The summed E-state index contributed by atoms with van der Waals surface area (Å²) in [5.41, 5.74) is 7.34. The van der Waals surface area contributed by atoms with E-state index in [0.29, 0.717) is 28.8 Å². The molecule has 5 rings (SSSR count). The Bertz CT molecular complexity index is 1550. The predicted molar refractivity (Wildman–Crippen MR) is 155 cm³/mol. The number of carbonyl (C=O) groups is 2. The van der Waals surface area contributed by atoms with Gasteiger partial charge in [0.1, 0.15) is 11.6 Å². The van der Waals surface area contributed by atoms with Crippen molar-refractivity contribution in [3.8, 4) is 0 Å². The Kier molecular flexibility index (Phi) is 7.61. The van der Waals surface area contributed by atoms with E-state index in [1.54, 1.807) is 24.2 Å². The highest BCUT2D eigenvalue weighted by atomic mass is 127. The number of pyridine rings is 1. The van der Waals surface area contributed by atoms with Crippen LogP contribution >= 0.6 is 22.6 Å². The van der Waals surface area contributed by atoms with Gasteiger partial charge in [0.2, 0.25) is 0 Å². The molecule has 2 heterocycles. The second kappa shape index (κ2) is 11.1. The Morgan fingerprint density at radius 3 is 2.08 bits per heavy atom. The monoisotopic (exact) mass is 651 g/mol. The van der Waals surface area contributed by atoms with Crippen LogP contribution in [0.25, 0.3) is 0 Å². The number of aromatic nitrogens is 1. The third-order valence-corrected chi connectivity index (χ3v) is 7.42. The van der Waals surface area contributed by atoms with Gasteiger partial charge >= 0.3 is 0 Å². The van der Waals surface area contributed by atoms with Crippen molar-refractivity contribution in [3.05, 3.63) is 134 Å². The van der Waals surface area contributed by atoms with E-state index in [0.717, 1.165) is 9.13 Å². The van der Waals surface area contributed by atoms with Gasteiger partial charge in [-0.05, 0) is 87.3 Å². The number of hydrogen-bond donors (Lipinski definition) is 1. The molecule has 0 spiro atoms. The van der Waals surface area contributed by atoms with E-state index >= 15 is 0 Å². The summed E-state index contributed by atoms with van der Waals surface area (Å²) in [4.78, 5) is 38.8. The summed E-state index contributed by atoms with van der Waals surface area (Å²) in [6, 6.07) is 20.3. The average molecular weight is 651 g/mol. The van der Waals surface area contributed by atoms with Crippen LogP contribution < -0.4 is 5.73 Å². The summed E-state index contributed by atoms with van der Waals surface area (Å²) in [5.74, 6) is -1.73. The van der Waals surface area contributed by atoms with Crippen LogP contribution in [0, 0.1) is 15.2 Å². The molecule has 0 atom stereocenters. The number of halogens is 3. The summed E-state index contributed by atoms with van der Waals surface area (Å²) >= 11 is 2.23. The van der Waals surface area contributed by atoms with E-state index in [1.807, 2.05) is 24.3 Å². The second-order valence-corrected chi connectivity index (χ2v) is 10.7. The van der Waals surface area contributed by atoms with Crippen molar-refractivity contribution in [3.63, 3.8) is 0 Å². The van der Waals surface area contributed by atoms with E-state index in [9.17, 15) is 18.4 Å². The standard InChI is InChI=1S/C30H24F2IN5O2/c1-37(17-19-2-12-26(33)13-3-19)27(39)21-14-20(15-35-16-21)18-38-28(40)30(36-29(38)34,22-4-8-24(31)9-5-22)23-6-10-25(32)11-7-23/h2-16H,17-18H2,1H3,(H2,34,36). The molecule has 0 saturated heterocycles. The molecule has 2 amide bonds. The zero-order valence-electron chi connectivity index (χ0n) is 21.4. The van der Waals surface area contributed by atoms with Crippen LogP contribution in [0.2, 0.25) is 0 Å². The first-order valence-corrected chi connectivity index (χ1v) is 13.4. The van der Waals surface area contributed by atoms with Crippen LogP contribution in [0.15, 0.2) is 96.2 Å². The van der Waals surface area contributed by atoms with Crippen molar-refractivity contribution in [2.24, 2.45) is 10.7 Å². The van der Waals surface area contributed by atoms with E-state index < -0.39 is 23.1 Å². The maximum absolute atomic E-state index is 14.0. The zero-order chi connectivity index (χ0) is 28.4. The summed E-state index contributed by atoms with van der Waals surface area (Å²) in [5, 5.41) is 0. The first kappa shape index (κ1) is 27.4. The number of carbonyl (C=O) groups excluding carboxylic acids is 2. The number of aliphatic imine (C=N–C) groups is 1. The van der Waals surface area contributed by atoms with Gasteiger partial charge in [-0.25, -0.2) is 13.8 Å². The number of nitrogens with zero attached hydrogens (tertiary/aromatic N) is 4. The first-order valence-electron chi connectivity index (χ1n) is 12.3. The molecule has 0 saturated carbocycles. The first-order chi connectivity index (χ1) is 19.2. The van der Waals surface area contributed by atoms with Crippen LogP contribution in [0.5, 0.6) is 0 Å². The number of nitrogens with two attached hydrogens (primary N) is 1. The molecule has 0 aliphatic carbocycles. The highest BCUT2D eigenvalue weighted by Crippen LogP contribution is 2.40. The molecule has 2 N–H and O–H groups in total. The molecular weight excluding hydrogens is 627 g/mol. The second-order valence-electron chi connectivity index (χ2n) is 9.46. The molecule has 0 fully saturated rings. The summed E-state index contributed by atoms with van der Waals surface area (Å²) < 4.78 is 28.6. The number of hydrogen-bond acceptors (Lipinski definition) is 5. The lowest BCUT2D eigenvalue weighted by Crippen LogP contribution is -2.43. The SMILES string of the molecule is CN(Cc1ccc(I)cc1)C(=O)c1cncc(CN2C(=O)C(c3ccc(F)cc3)(c3ccc(F)cc3)N=C2N)c1. The van der Waals surface area contributed by atoms with Crippen molar-refractivity contribution in [1.29, 1.82) is 0 Å². The lowest BCUT2D eigenvalue weighted by atomic mass is 9.82. The molecule has 4 aromatic rings. The number of guanidine groups is 1. The normalized spacial score (nSPS) is 14.2. The van der Waals surface area contributed by atoms with Crippen LogP contribution in [-0.2, 0) is 23.4 Å². The number of amides is 2. The molecular formula is C30H24F2IN5O2. The van der Waals surface area contributed by atoms with Crippen molar-refractivity contribution < 1.29 is 18.4 Å². The molecule has 1 aromatic heterocycles. The molecule has 0 radical (unpaired) electrons. The summed E-state index contributed by atoms with van der Waals surface area (Å²) in [7, 11) is 1.71. The van der Waals surface area contributed by atoms with E-state index in [2.05, 4.69) is 32.6 Å². The van der Waals surface area contributed by atoms with Crippen LogP contribution in [0.1, 0.15) is 32.6 Å². The van der Waals surface area contributed by atoms with Crippen molar-refractivity contribution in [1.82, 2.24) is 14.8 Å². The third-order valence-electron chi connectivity index (χ3n) is 6.70. The summed E-state index contributed by atoms with van der Waals surface area (Å²) in [6.45, 7) is 0.412. The highest BCUT2D eigenvalue weighted by molar-refractivity contribution is 14.1. The van der Waals surface area contributed by atoms with Crippen molar-refractivity contribution in [2.75, 3.05) is 7.05 Å². The largest absolute Gasteiger partial charge is 0.369 e. The van der Waals surface area contributed by atoms with Gasteiger partial charge in [-0.3, -0.25) is 19.5 Å². The lowest BCUT2D eigenvalue weighted by Gasteiger charge is -2.27. The molecule has 40 heavy (non-hydrogen) atoms. The Hall–Kier alpha value is -4.19. The molecule has 3 aromatic carbocycles. The maximum atomic E-state index is 14.0. The van der Waals surface area contributed by atoms with Gasteiger partial charge < -0.3 is 10.6 Å². The minimum Gasteiger partial charge on any atom is -0.369 e. The zero-order valence-corrected chi connectivity index (χ0v) is 23.5. The Morgan fingerprint density at radius 2 is 1.50 bits per heavy atom. The third kappa shape index (κ3) is 5.31. The average Bonchev–Trinajstić information content (AvgIpc) is 3.20. The highest BCUT2D eigenvalue weighted by Gasteiger charge is 2.50. The van der Waals surface area contributed by atoms with Crippen LogP contribution in [-0.4, -0.2) is 39.6 Å². The minimum absolute atomic E-state index is 0.00668. The Labute approximate surface area is 243 Å². The molecule has 1 aliphatic heterocycles. The van der Waals surface area contributed by atoms with Crippen molar-refractivity contribution in [2.45, 2.75) is 18.6 Å². The molecule has 0 unspecified atom stereocenters. The van der Waals surface area contributed by atoms with E-state index in [1.165, 1.54) is 59.6 Å². The van der Waals surface area contributed by atoms with Crippen LogP contribution in [0.3, 0.4) is 0 Å². The predicted octanol–water partition coefficient (Wildman–Crippen LogP) is 4.84. The van der Waals surface area contributed by atoms with Gasteiger partial charge in [-0.1, -0.05) is 36.4 Å². The number of benzene rings is 3. The van der Waals surface area contributed by atoms with Gasteiger partial charge in [0.05, 0.1) is 12.1 Å². The molecule has 1 aliphatic rings. The fourth-order valence-electron chi connectivity index (χ4n) is 4.69. The smallest absolute Gasteiger partial charge is 0.266 e. The molecule has 202 valence electrons. The van der Waals surface area contributed by atoms with Crippen LogP contribution in [0.4, 0.5) is 8.78 Å². The molecule has 7 nitrogen and oxygen atoms in total. The Balaban J connectivity index is 1.42. The fraction of sp³-hybridized carbons (Fsp3) is 0.133. The van der Waals surface area contributed by atoms with Gasteiger partial charge in [0.25, 0.3) is 11.8 Å². The molecule has 10 heteroatoms. The number of rotatable bonds is 7. The summed E-state index contributed by atoms with van der Waals surface area (Å²) in [6.07, 6.45) is 3.02. The fourth-order valence-corrected chi connectivity index (χ4v) is 5.05. The van der Waals surface area contributed by atoms with E-state index in [-0.39, 0.29) is 18.4 Å². The maximum Gasteiger partial charge on any atom is 0.266 e. The Morgan fingerprint density at radius 1 is 0.925 bits per heavy atom. The topological polar surface area (TPSA) is 91.9 Å². The van der Waals surface area contributed by atoms with Gasteiger partial charge in [0, 0.05) is 29.6 Å². The molecule has 0 bridgehead atoms. The lowest BCUT2D eigenvalue weighted by molar-refractivity contribution is -0.130. The minimum atomic E-state index is -1.62. The van der Waals surface area contributed by atoms with Gasteiger partial charge in [0.15, 0.2) is 11.5 Å².